The van der Waals surface area contributed by atoms with E-state index >= 15 is 0 Å². The van der Waals surface area contributed by atoms with Crippen LogP contribution in [0.15, 0.2) is 72.8 Å². The summed E-state index contributed by atoms with van der Waals surface area (Å²) >= 11 is 0. The Hall–Kier alpha value is -3.75. The molecule has 0 atom stereocenters. The number of likely N-dealkylation sites (tertiary alicyclic amines) is 1. The van der Waals surface area contributed by atoms with Crippen LogP contribution in [0.1, 0.15) is 42.4 Å². The van der Waals surface area contributed by atoms with Gasteiger partial charge in [-0.25, -0.2) is 0 Å². The van der Waals surface area contributed by atoms with Crippen molar-refractivity contribution in [3.63, 3.8) is 0 Å². The minimum atomic E-state index is -0.170. The number of nitrogens with one attached hydrogen (secondary N) is 3. The molecule has 1 saturated heterocycles. The van der Waals surface area contributed by atoms with Gasteiger partial charge in [-0.05, 0) is 73.2 Å². The molecule has 0 radical (unpaired) electrons. The third kappa shape index (κ3) is 8.63. The average molecular weight is 572 g/mol. The molecule has 1 fully saturated rings. The first-order valence-electron chi connectivity index (χ1n) is 12.5. The number of nitrogen functional groups attached to an aromatic ring is 1. The van der Waals surface area contributed by atoms with Gasteiger partial charge in [0, 0.05) is 36.6 Å². The van der Waals surface area contributed by atoms with Gasteiger partial charge in [0.1, 0.15) is 11.6 Å². The number of anilines is 2. The van der Waals surface area contributed by atoms with Crippen molar-refractivity contribution >= 4 is 53.8 Å². The molecule has 4 rings (SSSR count). The molecular weight excluding hydrogens is 535 g/mol. The van der Waals surface area contributed by atoms with E-state index in [0.29, 0.717) is 23.9 Å². The summed E-state index contributed by atoms with van der Waals surface area (Å²) in [5, 5.41) is 28.5. The van der Waals surface area contributed by atoms with Gasteiger partial charge in [-0.15, -0.1) is 24.8 Å². The van der Waals surface area contributed by atoms with E-state index in [4.69, 9.17) is 16.6 Å². The maximum Gasteiger partial charge on any atom is 0.243 e. The first-order valence-corrected chi connectivity index (χ1v) is 12.5. The minimum Gasteiger partial charge on any atom is -0.508 e. The number of nitrogens with zero attached hydrogens (tertiary/aromatic N) is 2. The number of carbonyl (C=O) groups is 1. The van der Waals surface area contributed by atoms with Crippen molar-refractivity contribution < 1.29 is 9.90 Å². The highest BCUT2D eigenvalue weighted by Gasteiger charge is 2.21. The predicted octanol–water partition coefficient (Wildman–Crippen LogP) is 5.34. The quantitative estimate of drug-likeness (QED) is 0.184. The Morgan fingerprint density at radius 1 is 1.03 bits per heavy atom. The van der Waals surface area contributed by atoms with Crippen molar-refractivity contribution in [2.45, 2.75) is 32.2 Å². The number of hydrogen-bond acceptors (Lipinski definition) is 5. The van der Waals surface area contributed by atoms with E-state index in [-0.39, 0.29) is 48.9 Å². The van der Waals surface area contributed by atoms with Gasteiger partial charge >= 0.3 is 0 Å². The SMILES string of the molecule is CC(=N)N1CCC(c2ccc(NC(=O)CN(Cc3cccc(O)c3)c3cccc(C(=N)N)c3)cc2)CC1.Cl.Cl. The summed E-state index contributed by atoms with van der Waals surface area (Å²) in [6, 6.07) is 22.2. The second-order valence-electron chi connectivity index (χ2n) is 9.51. The van der Waals surface area contributed by atoms with Crippen LogP contribution in [0.2, 0.25) is 0 Å². The molecular formula is C29H36Cl2N6O2. The van der Waals surface area contributed by atoms with Gasteiger partial charge in [-0.2, -0.15) is 0 Å². The molecule has 0 aromatic heterocycles. The van der Waals surface area contributed by atoms with E-state index in [2.05, 4.69) is 22.3 Å². The fraction of sp³-hybridized carbons (Fsp3) is 0.276. The van der Waals surface area contributed by atoms with E-state index in [0.717, 1.165) is 42.9 Å². The third-order valence-corrected chi connectivity index (χ3v) is 6.78. The van der Waals surface area contributed by atoms with Crippen LogP contribution >= 0.6 is 24.8 Å². The first-order chi connectivity index (χ1) is 17.8. The van der Waals surface area contributed by atoms with Gasteiger partial charge in [-0.3, -0.25) is 15.6 Å². The van der Waals surface area contributed by atoms with Crippen molar-refractivity contribution in [1.82, 2.24) is 4.90 Å². The summed E-state index contributed by atoms with van der Waals surface area (Å²) in [4.78, 5) is 17.1. The molecule has 10 heteroatoms. The maximum absolute atomic E-state index is 13.1. The number of phenols is 1. The van der Waals surface area contributed by atoms with E-state index in [1.165, 1.54) is 5.56 Å². The second kappa shape index (κ2) is 14.4. The summed E-state index contributed by atoms with van der Waals surface area (Å²) < 4.78 is 0. The standard InChI is InChI=1S/C29H34N6O2.2ClH/c1-20(30)34-14-12-23(13-15-34)22-8-10-25(11-9-22)33-28(37)19-35(18-21-4-2-7-27(36)16-21)26-6-3-5-24(17-26)29(31)32;;/h2-11,16-17,23,30,36H,12-15,18-19H2,1H3,(H3,31,32)(H,33,37);2*1H. The molecule has 208 valence electrons. The van der Waals surface area contributed by atoms with Crippen LogP contribution in [0.5, 0.6) is 5.75 Å². The highest BCUT2D eigenvalue weighted by Crippen LogP contribution is 2.29. The first kappa shape index (κ1) is 31.5. The number of halogens is 2. The zero-order chi connectivity index (χ0) is 26.4. The Labute approximate surface area is 242 Å². The second-order valence-corrected chi connectivity index (χ2v) is 9.51. The van der Waals surface area contributed by atoms with Crippen molar-refractivity contribution in [3.8, 4) is 5.75 Å². The number of amidine groups is 2. The third-order valence-electron chi connectivity index (χ3n) is 6.78. The fourth-order valence-electron chi connectivity index (χ4n) is 4.74. The molecule has 3 aromatic carbocycles. The van der Waals surface area contributed by atoms with Crippen molar-refractivity contribution in [2.75, 3.05) is 29.9 Å². The Morgan fingerprint density at radius 3 is 2.31 bits per heavy atom. The highest BCUT2D eigenvalue weighted by molar-refractivity contribution is 5.97. The van der Waals surface area contributed by atoms with Crippen LogP contribution in [0.25, 0.3) is 0 Å². The number of phenolic OH excluding ortho intramolecular Hbond substituents is 1. The number of benzene rings is 3. The van der Waals surface area contributed by atoms with E-state index in [9.17, 15) is 9.90 Å². The Morgan fingerprint density at radius 2 is 1.69 bits per heavy atom. The molecule has 1 heterocycles. The van der Waals surface area contributed by atoms with Gasteiger partial charge in [0.2, 0.25) is 5.91 Å². The summed E-state index contributed by atoms with van der Waals surface area (Å²) in [5.74, 6) is 1.05. The molecule has 6 N–H and O–H groups in total. The number of amides is 1. The van der Waals surface area contributed by atoms with E-state index in [1.807, 2.05) is 42.2 Å². The molecule has 39 heavy (non-hydrogen) atoms. The lowest BCUT2D eigenvalue weighted by molar-refractivity contribution is -0.115. The number of rotatable bonds is 8. The smallest absolute Gasteiger partial charge is 0.243 e. The Kier molecular flexibility index (Phi) is 11.6. The Bertz CT molecular complexity index is 1280. The van der Waals surface area contributed by atoms with Gasteiger partial charge in [-0.1, -0.05) is 36.4 Å². The highest BCUT2D eigenvalue weighted by atomic mass is 35.5. The molecule has 0 saturated carbocycles. The van der Waals surface area contributed by atoms with Crippen LogP contribution in [0.3, 0.4) is 0 Å². The molecule has 0 unspecified atom stereocenters. The van der Waals surface area contributed by atoms with Gasteiger partial charge in [0.05, 0.1) is 12.4 Å². The topological polar surface area (TPSA) is 130 Å². The van der Waals surface area contributed by atoms with Crippen molar-refractivity contribution in [1.29, 1.82) is 10.8 Å². The lowest BCUT2D eigenvalue weighted by Crippen LogP contribution is -2.36. The number of carbonyl (C=O) groups excluding carboxylic acids is 1. The predicted molar refractivity (Wildman–Crippen MR) is 163 cm³/mol. The van der Waals surface area contributed by atoms with Crippen LogP contribution < -0.4 is 16.0 Å². The zero-order valence-electron chi connectivity index (χ0n) is 21.9. The molecule has 1 aliphatic rings. The number of aromatic hydroxyl groups is 1. The number of hydrogen-bond donors (Lipinski definition) is 5. The van der Waals surface area contributed by atoms with Crippen molar-refractivity contribution in [3.05, 3.63) is 89.5 Å². The molecule has 0 aliphatic carbocycles. The van der Waals surface area contributed by atoms with Gasteiger partial charge < -0.3 is 26.0 Å². The van der Waals surface area contributed by atoms with E-state index < -0.39 is 0 Å². The lowest BCUT2D eigenvalue weighted by atomic mass is 9.89. The number of nitrogens with two attached hydrogens (primary N) is 1. The van der Waals surface area contributed by atoms with Crippen LogP contribution in [0.4, 0.5) is 11.4 Å². The molecule has 0 bridgehead atoms. The minimum absolute atomic E-state index is 0. The van der Waals surface area contributed by atoms with E-state index in [1.54, 1.807) is 30.3 Å². The number of piperidine rings is 1. The molecule has 8 nitrogen and oxygen atoms in total. The largest absolute Gasteiger partial charge is 0.508 e. The van der Waals surface area contributed by atoms with Crippen molar-refractivity contribution in [2.24, 2.45) is 5.73 Å². The average Bonchev–Trinajstić information content (AvgIpc) is 2.89. The molecule has 1 aliphatic heterocycles. The summed E-state index contributed by atoms with van der Waals surface area (Å²) in [6.07, 6.45) is 2.04. The van der Waals surface area contributed by atoms with Crippen LogP contribution in [0, 0.1) is 10.8 Å². The molecule has 0 spiro atoms. The molecule has 1 amide bonds. The fourth-order valence-corrected chi connectivity index (χ4v) is 4.74. The van der Waals surface area contributed by atoms with Gasteiger partial charge in [0.25, 0.3) is 0 Å². The zero-order valence-corrected chi connectivity index (χ0v) is 23.5. The molecule has 3 aromatic rings. The van der Waals surface area contributed by atoms with Gasteiger partial charge in [0.15, 0.2) is 0 Å². The summed E-state index contributed by atoms with van der Waals surface area (Å²) in [6.45, 7) is 4.12. The monoisotopic (exact) mass is 570 g/mol. The normalized spacial score (nSPS) is 13.0. The maximum atomic E-state index is 13.1. The van der Waals surface area contributed by atoms with Crippen LogP contribution in [-0.2, 0) is 11.3 Å². The Balaban J connectivity index is 0.00000267. The lowest BCUT2D eigenvalue weighted by Gasteiger charge is -2.33. The van der Waals surface area contributed by atoms with Crippen LogP contribution in [-0.4, -0.2) is 47.2 Å². The summed E-state index contributed by atoms with van der Waals surface area (Å²) in [7, 11) is 0. The summed E-state index contributed by atoms with van der Waals surface area (Å²) in [5.41, 5.74) is 9.87.